The van der Waals surface area contributed by atoms with Crippen LogP contribution in [0.4, 0.5) is 5.82 Å². The normalized spacial score (nSPS) is 17.6. The molecule has 0 aliphatic carbocycles. The zero-order valence-electron chi connectivity index (χ0n) is 18.2. The monoisotopic (exact) mass is 520 g/mol. The molecule has 0 radical (unpaired) electrons. The number of nitrogens with one attached hydrogen (secondary N) is 2. The Morgan fingerprint density at radius 1 is 0.970 bits per heavy atom. The van der Waals surface area contributed by atoms with Gasteiger partial charge in [-0.15, -0.1) is 5.10 Å². The number of rotatable bonds is 5. The predicted molar refractivity (Wildman–Crippen MR) is 131 cm³/mol. The summed E-state index contributed by atoms with van der Waals surface area (Å²) >= 11 is 1.60. The minimum atomic E-state index is -1.14. The maximum Gasteiger partial charge on any atom is 0.315 e. The van der Waals surface area contributed by atoms with E-state index >= 15 is 0 Å². The van der Waals surface area contributed by atoms with Gasteiger partial charge in [-0.05, 0) is 35.4 Å². The van der Waals surface area contributed by atoms with Crippen LogP contribution < -0.4 is 22.3 Å². The van der Waals surface area contributed by atoms with Crippen LogP contribution >= 0.6 is 11.8 Å². The van der Waals surface area contributed by atoms with Crippen molar-refractivity contribution in [1.29, 1.82) is 0 Å². The van der Waals surface area contributed by atoms with Gasteiger partial charge in [-0.25, -0.2) is 9.89 Å². The van der Waals surface area contributed by atoms with E-state index in [1.54, 1.807) is 11.8 Å². The van der Waals surface area contributed by atoms with Crippen molar-refractivity contribution < 1.29 is 26.7 Å². The van der Waals surface area contributed by atoms with E-state index in [9.17, 15) is 5.11 Å². The maximum atomic E-state index is 11.9. The minimum absolute atomic E-state index is 0. The first-order valence-corrected chi connectivity index (χ1v) is 11.6. The fraction of sp³-hybridized carbons (Fsp3) is 0.154. The number of hydrogen-bond acceptors (Lipinski definition) is 4. The first kappa shape index (κ1) is 23.3. The Morgan fingerprint density at radius 3 is 2.24 bits per heavy atom. The third-order valence-corrected chi connectivity index (χ3v) is 6.82. The van der Waals surface area contributed by atoms with Gasteiger partial charge in [0, 0.05) is 17.3 Å². The molecule has 3 aromatic carbocycles. The molecule has 3 N–H and O–H groups in total. The topological polar surface area (TPSA) is 63.9 Å². The van der Waals surface area contributed by atoms with Gasteiger partial charge < -0.3 is 22.1 Å². The van der Waals surface area contributed by atoms with Crippen molar-refractivity contribution in [2.75, 3.05) is 11.1 Å². The van der Waals surface area contributed by atoms with Crippen LogP contribution in [-0.4, -0.2) is 30.8 Å². The van der Waals surface area contributed by atoms with Crippen LogP contribution in [0.2, 0.25) is 0 Å². The minimum Gasteiger partial charge on any atom is -1.00 e. The summed E-state index contributed by atoms with van der Waals surface area (Å²) in [5, 5.41) is 23.5. The van der Waals surface area contributed by atoms with Crippen LogP contribution in [0.5, 0.6) is 0 Å². The summed E-state index contributed by atoms with van der Waals surface area (Å²) in [6.45, 7) is 2.55. The van der Waals surface area contributed by atoms with Gasteiger partial charge in [0.15, 0.2) is 0 Å². The average Bonchev–Trinajstić information content (AvgIpc) is 3.39. The fourth-order valence-corrected chi connectivity index (χ4v) is 5.16. The number of nitrogens with zero attached hydrogens (tertiary/aromatic N) is 2. The Balaban J connectivity index is 0.00000259. The summed E-state index contributed by atoms with van der Waals surface area (Å²) in [7, 11) is 0. The lowest BCUT2D eigenvalue weighted by Gasteiger charge is -2.25. The molecule has 0 saturated carbocycles. The second kappa shape index (κ2) is 9.95. The first-order valence-electron chi connectivity index (χ1n) is 10.6. The number of aliphatic hydroxyl groups is 1. The van der Waals surface area contributed by atoms with E-state index in [1.807, 2.05) is 66.1 Å². The quantitative estimate of drug-likeness (QED) is 0.352. The van der Waals surface area contributed by atoms with Gasteiger partial charge in [-0.1, -0.05) is 84.9 Å². The Kier molecular flexibility index (Phi) is 7.02. The van der Waals surface area contributed by atoms with E-state index in [2.05, 4.69) is 51.9 Å². The van der Waals surface area contributed by atoms with E-state index in [4.69, 9.17) is 0 Å². The van der Waals surface area contributed by atoms with Crippen LogP contribution in [0.3, 0.4) is 0 Å². The van der Waals surface area contributed by atoms with Crippen molar-refractivity contribution >= 4 is 22.7 Å². The number of benzene rings is 3. The smallest absolute Gasteiger partial charge is 0.315 e. The van der Waals surface area contributed by atoms with Gasteiger partial charge in [0.25, 0.3) is 0 Å². The maximum absolute atomic E-state index is 11.9. The molecule has 0 amide bonds. The van der Waals surface area contributed by atoms with Crippen LogP contribution in [0.15, 0.2) is 91.0 Å². The molecule has 1 aliphatic rings. The van der Waals surface area contributed by atoms with Gasteiger partial charge in [-0.2, -0.15) is 0 Å². The fourth-order valence-electron chi connectivity index (χ4n) is 3.96. The van der Waals surface area contributed by atoms with E-state index in [0.717, 1.165) is 38.9 Å². The predicted octanol–water partition coefficient (Wildman–Crippen LogP) is 1.96. The highest BCUT2D eigenvalue weighted by Gasteiger charge is 2.46. The van der Waals surface area contributed by atoms with E-state index in [0.29, 0.717) is 12.3 Å². The third kappa shape index (κ3) is 4.90. The molecule has 4 aromatic rings. The summed E-state index contributed by atoms with van der Waals surface area (Å²) in [5.74, 6) is 1.27. The molecule has 33 heavy (non-hydrogen) atoms. The van der Waals surface area contributed by atoms with E-state index in [-0.39, 0.29) is 17.0 Å². The number of aromatic nitrogens is 2. The first-order chi connectivity index (χ1) is 15.6. The van der Waals surface area contributed by atoms with Crippen LogP contribution in [0.1, 0.15) is 16.8 Å². The number of halogens is 1. The molecule has 1 aliphatic heterocycles. The summed E-state index contributed by atoms with van der Waals surface area (Å²) in [4.78, 5) is 0. The molecule has 2 heterocycles. The molecule has 0 saturated heterocycles. The van der Waals surface area contributed by atoms with E-state index < -0.39 is 5.72 Å². The molecule has 1 unspecified atom stereocenters. The zero-order valence-corrected chi connectivity index (χ0v) is 20.6. The molecule has 5 nitrogen and oxygen atoms in total. The van der Waals surface area contributed by atoms with Crippen molar-refractivity contribution in [2.45, 2.75) is 19.2 Å². The number of thioether (sulfide) groups is 1. The lowest BCUT2D eigenvalue weighted by molar-refractivity contribution is -0.670. The highest BCUT2D eigenvalue weighted by atomic mass is 79.9. The molecule has 0 fully saturated rings. The molecule has 1 aromatic heterocycles. The third-order valence-electron chi connectivity index (χ3n) is 5.68. The summed E-state index contributed by atoms with van der Waals surface area (Å²) < 4.78 is 2.04. The summed E-state index contributed by atoms with van der Waals surface area (Å²) in [6, 6.07) is 30.7. The number of H-pyrrole nitrogens is 1. The van der Waals surface area contributed by atoms with Crippen molar-refractivity contribution in [3.05, 3.63) is 108 Å². The highest BCUT2D eigenvalue weighted by Crippen LogP contribution is 2.36. The number of aromatic amines is 1. The lowest BCUT2D eigenvalue weighted by Crippen LogP contribution is -3.00. The average molecular weight is 521 g/mol. The molecular weight excluding hydrogens is 496 g/mol. The lowest BCUT2D eigenvalue weighted by atomic mass is 9.98. The zero-order chi connectivity index (χ0) is 22.0. The van der Waals surface area contributed by atoms with Gasteiger partial charge in [0.2, 0.25) is 11.5 Å². The molecule has 7 heteroatoms. The molecule has 5 rings (SSSR count). The van der Waals surface area contributed by atoms with Gasteiger partial charge in [-0.3, -0.25) is 5.10 Å². The highest BCUT2D eigenvalue weighted by molar-refractivity contribution is 8.14. The van der Waals surface area contributed by atoms with Crippen LogP contribution in [0, 0.1) is 6.92 Å². The number of anilines is 1. The number of amidine groups is 1. The van der Waals surface area contributed by atoms with E-state index in [1.165, 1.54) is 0 Å². The van der Waals surface area contributed by atoms with Crippen molar-refractivity contribution in [3.63, 3.8) is 0 Å². The van der Waals surface area contributed by atoms with Crippen molar-refractivity contribution in [3.8, 4) is 11.1 Å². The van der Waals surface area contributed by atoms with Crippen LogP contribution in [0.25, 0.3) is 11.1 Å². The van der Waals surface area contributed by atoms with Crippen molar-refractivity contribution in [1.82, 2.24) is 10.2 Å². The number of aryl methyl sites for hydroxylation is 1. The SMILES string of the molecule is Cc1cc(NC2=[N+](Cc3ccccc3)C(O)(c3ccc(-c4ccccc4)cc3)CS2)n[nH]1.[Br-]. The largest absolute Gasteiger partial charge is 1.00 e. The van der Waals surface area contributed by atoms with Gasteiger partial charge >= 0.3 is 5.17 Å². The second-order valence-electron chi connectivity index (χ2n) is 7.99. The second-order valence-corrected chi connectivity index (χ2v) is 8.95. The van der Waals surface area contributed by atoms with Gasteiger partial charge in [0.05, 0.1) is 5.75 Å². The molecule has 0 bridgehead atoms. The van der Waals surface area contributed by atoms with Crippen molar-refractivity contribution in [2.24, 2.45) is 0 Å². The Labute approximate surface area is 208 Å². The number of hydrogen-bond donors (Lipinski definition) is 3. The Morgan fingerprint density at radius 2 is 1.61 bits per heavy atom. The Hall–Kier alpha value is -2.87. The van der Waals surface area contributed by atoms with Crippen LogP contribution in [-0.2, 0) is 12.3 Å². The molecular formula is C26H25BrN4OS. The standard InChI is InChI=1S/C26H24N4OS.BrH/c1-19-16-24(29-28-19)27-25-30(17-20-8-4-2-5-9-20)26(31,18-32-25)23-14-12-22(13-15-23)21-10-6-3-7-11-21;/h2-16,31H,17-18H2,1H3,(H,28,29);1H. The molecule has 1 atom stereocenters. The molecule has 0 spiro atoms. The Bertz CT molecular complexity index is 1240. The summed E-state index contributed by atoms with van der Waals surface area (Å²) in [5.41, 5.74) is 4.15. The summed E-state index contributed by atoms with van der Waals surface area (Å²) in [6.07, 6.45) is 0. The van der Waals surface area contributed by atoms with Gasteiger partial charge in [0.1, 0.15) is 6.54 Å². The molecule has 168 valence electrons.